The molecule has 5 rings (SSSR count). The number of thiophene rings is 1. The fourth-order valence-electron chi connectivity index (χ4n) is 3.76. The normalized spacial score (nSPS) is 10.8. The Morgan fingerprint density at radius 3 is 2.50 bits per heavy atom. The number of aromatic nitrogens is 1. The van der Waals surface area contributed by atoms with Crippen LogP contribution >= 0.6 is 22.9 Å². The summed E-state index contributed by atoms with van der Waals surface area (Å²) in [5.74, 6) is -0.913. The number of rotatable bonds is 8. The van der Waals surface area contributed by atoms with Gasteiger partial charge in [-0.15, -0.1) is 11.3 Å². The third-order valence-electron chi connectivity index (χ3n) is 5.58. The first-order valence-electron chi connectivity index (χ1n) is 11.3. The Labute approximate surface area is 225 Å². The van der Waals surface area contributed by atoms with E-state index in [9.17, 15) is 19.7 Å². The quantitative estimate of drug-likeness (QED) is 0.0868. The Balaban J connectivity index is 1.30. The lowest BCUT2D eigenvalue weighted by atomic mass is 10.1. The molecule has 188 valence electrons. The van der Waals surface area contributed by atoms with Crippen molar-refractivity contribution in [2.75, 3.05) is 6.61 Å². The molecule has 0 atom stereocenters. The molecule has 3 aromatic carbocycles. The monoisotopic (exact) mass is 544 g/mol. The van der Waals surface area contributed by atoms with Gasteiger partial charge < -0.3 is 9.47 Å². The smallest absolute Gasteiger partial charge is 0.339 e. The number of nitrogens with zero attached hydrogens (tertiary/aromatic N) is 2. The van der Waals surface area contributed by atoms with Crippen molar-refractivity contribution >= 4 is 51.3 Å². The summed E-state index contributed by atoms with van der Waals surface area (Å²) < 4.78 is 11.0. The van der Waals surface area contributed by atoms with Gasteiger partial charge in [-0.25, -0.2) is 9.78 Å². The number of halogens is 1. The number of pyridine rings is 1. The van der Waals surface area contributed by atoms with Crippen LogP contribution in [0.4, 0.5) is 5.69 Å². The Morgan fingerprint density at radius 1 is 0.974 bits per heavy atom. The number of carbonyl (C=O) groups excluding carboxylic acids is 2. The number of para-hydroxylation sites is 2. The number of Topliss-reactive ketones (excluding diaryl/α,β-unsaturated/α-hetero) is 1. The molecule has 38 heavy (non-hydrogen) atoms. The van der Waals surface area contributed by atoms with Gasteiger partial charge in [0.25, 0.3) is 0 Å². The summed E-state index contributed by atoms with van der Waals surface area (Å²) in [5.41, 5.74) is 1.60. The van der Waals surface area contributed by atoms with Gasteiger partial charge >= 0.3 is 11.7 Å². The minimum atomic E-state index is -0.638. The molecule has 8 nitrogen and oxygen atoms in total. The first kappa shape index (κ1) is 25.1. The van der Waals surface area contributed by atoms with E-state index in [1.807, 2.05) is 29.6 Å². The molecule has 0 aliphatic heterocycles. The van der Waals surface area contributed by atoms with Gasteiger partial charge in [0.15, 0.2) is 12.4 Å². The fraction of sp³-hybridized carbons (Fsp3) is 0.0357. The molecule has 0 amide bonds. The minimum Gasteiger partial charge on any atom is -0.454 e. The van der Waals surface area contributed by atoms with E-state index in [4.69, 9.17) is 21.1 Å². The van der Waals surface area contributed by atoms with Crippen molar-refractivity contribution in [2.45, 2.75) is 0 Å². The van der Waals surface area contributed by atoms with Crippen LogP contribution in [0.3, 0.4) is 0 Å². The molecule has 2 heterocycles. The highest BCUT2D eigenvalue weighted by molar-refractivity contribution is 7.13. The second kappa shape index (κ2) is 10.8. The molecule has 0 radical (unpaired) electrons. The predicted molar refractivity (Wildman–Crippen MR) is 144 cm³/mol. The number of ketones is 1. The molecule has 5 aromatic rings. The maximum atomic E-state index is 13.0. The van der Waals surface area contributed by atoms with E-state index >= 15 is 0 Å². The van der Waals surface area contributed by atoms with Crippen LogP contribution in [-0.4, -0.2) is 28.3 Å². The average molecular weight is 545 g/mol. The molecule has 0 fully saturated rings. The van der Waals surface area contributed by atoms with Gasteiger partial charge in [0.1, 0.15) is 5.75 Å². The lowest BCUT2D eigenvalue weighted by Crippen LogP contribution is -2.15. The summed E-state index contributed by atoms with van der Waals surface area (Å²) >= 11 is 7.57. The number of nitro groups is 1. The number of carbonyl (C=O) groups is 2. The zero-order valence-corrected chi connectivity index (χ0v) is 21.1. The van der Waals surface area contributed by atoms with Crippen LogP contribution in [0, 0.1) is 10.1 Å². The van der Waals surface area contributed by atoms with Crippen molar-refractivity contribution in [3.63, 3.8) is 0 Å². The van der Waals surface area contributed by atoms with Crippen LogP contribution in [0.15, 0.2) is 90.3 Å². The third-order valence-corrected chi connectivity index (χ3v) is 6.77. The number of hydrogen-bond donors (Lipinski definition) is 0. The number of esters is 1. The van der Waals surface area contributed by atoms with Crippen LogP contribution in [-0.2, 0) is 4.74 Å². The molecule has 0 saturated carbocycles. The van der Waals surface area contributed by atoms with Gasteiger partial charge in [-0.2, -0.15) is 0 Å². The zero-order chi connectivity index (χ0) is 26.6. The largest absolute Gasteiger partial charge is 0.454 e. The molecule has 0 aliphatic rings. The predicted octanol–water partition coefficient (Wildman–Crippen LogP) is 7.36. The molecule has 2 aromatic heterocycles. The third kappa shape index (κ3) is 5.24. The summed E-state index contributed by atoms with van der Waals surface area (Å²) in [6.45, 7) is -0.472. The van der Waals surface area contributed by atoms with Crippen molar-refractivity contribution in [3.8, 4) is 22.1 Å². The van der Waals surface area contributed by atoms with Crippen molar-refractivity contribution < 1.29 is 24.0 Å². The molecule has 0 N–H and O–H groups in total. The van der Waals surface area contributed by atoms with Gasteiger partial charge in [-0.1, -0.05) is 41.9 Å². The maximum Gasteiger partial charge on any atom is 0.339 e. The van der Waals surface area contributed by atoms with Crippen LogP contribution in [0.2, 0.25) is 5.02 Å². The SMILES string of the molecule is O=C(COC(=O)c1cc(-c2cccs2)nc2ccccc12)c1ccc(Oc2c(Cl)cccc2[N+](=O)[O-])cc1. The Hall–Kier alpha value is -4.60. The van der Waals surface area contributed by atoms with Crippen molar-refractivity contribution in [1.82, 2.24) is 4.98 Å². The molecule has 0 saturated heterocycles. The van der Waals surface area contributed by atoms with Crippen LogP contribution in [0.5, 0.6) is 11.5 Å². The lowest BCUT2D eigenvalue weighted by molar-refractivity contribution is -0.385. The van der Waals surface area contributed by atoms with E-state index in [0.29, 0.717) is 22.2 Å². The standard InChI is InChI=1S/C28H17ClN2O6S/c29-21-6-3-8-24(31(34)35)27(21)37-18-12-10-17(11-13-18)25(32)16-36-28(33)20-15-23(26-9-4-14-38-26)30-22-7-2-1-5-19(20)22/h1-15H,16H2. The Morgan fingerprint density at radius 2 is 1.76 bits per heavy atom. The summed E-state index contributed by atoms with van der Waals surface area (Å²) in [6.07, 6.45) is 0. The number of nitro benzene ring substituents is 1. The second-order valence-electron chi connectivity index (χ2n) is 8.02. The summed E-state index contributed by atoms with van der Waals surface area (Å²) in [6, 6.07) is 22.8. The number of fused-ring (bicyclic) bond motifs is 1. The minimum absolute atomic E-state index is 0.0807. The fourth-order valence-corrected chi connectivity index (χ4v) is 4.65. The highest BCUT2D eigenvalue weighted by atomic mass is 35.5. The van der Waals surface area contributed by atoms with Gasteiger partial charge in [0.05, 0.1) is 31.6 Å². The van der Waals surface area contributed by atoms with E-state index in [1.165, 1.54) is 53.8 Å². The van der Waals surface area contributed by atoms with Crippen molar-refractivity contribution in [1.29, 1.82) is 0 Å². The van der Waals surface area contributed by atoms with Crippen LogP contribution < -0.4 is 4.74 Å². The number of benzene rings is 3. The molecule has 0 unspecified atom stereocenters. The van der Waals surface area contributed by atoms with Crippen LogP contribution in [0.1, 0.15) is 20.7 Å². The lowest BCUT2D eigenvalue weighted by Gasteiger charge is -2.10. The van der Waals surface area contributed by atoms with Crippen molar-refractivity contribution in [3.05, 3.63) is 117 Å². The topological polar surface area (TPSA) is 109 Å². The molecular weight excluding hydrogens is 528 g/mol. The number of hydrogen-bond acceptors (Lipinski definition) is 8. The van der Waals surface area contributed by atoms with Gasteiger partial charge in [-0.3, -0.25) is 14.9 Å². The zero-order valence-electron chi connectivity index (χ0n) is 19.5. The van der Waals surface area contributed by atoms with Gasteiger partial charge in [-0.05, 0) is 53.9 Å². The Bertz CT molecular complexity index is 1670. The molecule has 0 spiro atoms. The molecule has 0 bridgehead atoms. The Kier molecular flexibility index (Phi) is 7.12. The molecule has 10 heteroatoms. The second-order valence-corrected chi connectivity index (χ2v) is 9.38. The highest BCUT2D eigenvalue weighted by Gasteiger charge is 2.20. The highest BCUT2D eigenvalue weighted by Crippen LogP contribution is 2.37. The first-order chi connectivity index (χ1) is 18.4. The first-order valence-corrected chi connectivity index (χ1v) is 12.5. The summed E-state index contributed by atoms with van der Waals surface area (Å²) in [4.78, 5) is 42.0. The molecular formula is C28H17ClN2O6S. The maximum absolute atomic E-state index is 13.0. The van der Waals surface area contributed by atoms with E-state index in [2.05, 4.69) is 4.98 Å². The summed E-state index contributed by atoms with van der Waals surface area (Å²) in [5, 5.41) is 13.9. The van der Waals surface area contributed by atoms with Gasteiger partial charge in [0, 0.05) is 17.0 Å². The molecule has 0 aliphatic carbocycles. The van der Waals surface area contributed by atoms with E-state index in [1.54, 1.807) is 18.2 Å². The number of ether oxygens (including phenoxy) is 2. The average Bonchev–Trinajstić information content (AvgIpc) is 3.47. The van der Waals surface area contributed by atoms with E-state index < -0.39 is 23.3 Å². The van der Waals surface area contributed by atoms with E-state index in [-0.39, 0.29) is 27.8 Å². The van der Waals surface area contributed by atoms with E-state index in [0.717, 1.165) is 4.88 Å². The summed E-state index contributed by atoms with van der Waals surface area (Å²) in [7, 11) is 0. The van der Waals surface area contributed by atoms with Crippen LogP contribution in [0.25, 0.3) is 21.5 Å². The van der Waals surface area contributed by atoms with Crippen molar-refractivity contribution in [2.24, 2.45) is 0 Å². The van der Waals surface area contributed by atoms with Gasteiger partial charge in [0.2, 0.25) is 5.75 Å².